The van der Waals surface area contributed by atoms with Crippen LogP contribution in [0.25, 0.3) is 0 Å². The van der Waals surface area contributed by atoms with Crippen molar-refractivity contribution in [1.82, 2.24) is 0 Å². The van der Waals surface area contributed by atoms with Gasteiger partial charge in [0.1, 0.15) is 5.82 Å². The summed E-state index contributed by atoms with van der Waals surface area (Å²) in [5.74, 6) is -0.439. The van der Waals surface area contributed by atoms with Crippen molar-refractivity contribution in [3.05, 3.63) is 29.0 Å². The van der Waals surface area contributed by atoms with Gasteiger partial charge < -0.3 is 0 Å². The summed E-state index contributed by atoms with van der Waals surface area (Å²) in [4.78, 5) is 10.9. The van der Waals surface area contributed by atoms with Crippen LogP contribution in [0.4, 0.5) is 9.18 Å². The third-order valence-corrected chi connectivity index (χ3v) is 2.48. The van der Waals surface area contributed by atoms with Gasteiger partial charge in [0.05, 0.1) is 5.02 Å². The summed E-state index contributed by atoms with van der Waals surface area (Å²) >= 11 is 11.5. The topological polar surface area (TPSA) is 17.1 Å². The first-order valence-corrected chi connectivity index (χ1v) is 4.49. The molecule has 0 aliphatic heterocycles. The Morgan fingerprint density at radius 2 is 2.17 bits per heavy atom. The third kappa shape index (κ3) is 2.66. The summed E-state index contributed by atoms with van der Waals surface area (Å²) in [6.45, 7) is 0. The standard InChI is InChI=1S/C7H3Cl2FOS/c8-5-3-4(10)1-2-6(5)12-7(9)11/h1-3H. The number of thioether (sulfide) groups is 1. The average molecular weight is 225 g/mol. The number of carbonyl (C=O) groups excluding carboxylic acids is 1. The second-order valence-corrected chi connectivity index (χ2v) is 3.90. The van der Waals surface area contributed by atoms with Crippen LogP contribution < -0.4 is 0 Å². The van der Waals surface area contributed by atoms with Crippen molar-refractivity contribution in [2.24, 2.45) is 0 Å². The highest BCUT2D eigenvalue weighted by molar-refractivity contribution is 8.16. The molecule has 0 aliphatic carbocycles. The third-order valence-electron chi connectivity index (χ3n) is 1.08. The zero-order valence-corrected chi connectivity index (χ0v) is 8.01. The molecule has 1 aromatic rings. The monoisotopic (exact) mass is 224 g/mol. The number of rotatable bonds is 1. The van der Waals surface area contributed by atoms with Crippen LogP contribution in [0.3, 0.4) is 0 Å². The highest BCUT2D eigenvalue weighted by Gasteiger charge is 2.05. The van der Waals surface area contributed by atoms with Crippen LogP contribution in [0, 0.1) is 5.82 Å². The minimum Gasteiger partial charge on any atom is -0.268 e. The van der Waals surface area contributed by atoms with Crippen molar-refractivity contribution in [1.29, 1.82) is 0 Å². The van der Waals surface area contributed by atoms with E-state index in [1.807, 2.05) is 0 Å². The molecule has 0 spiro atoms. The Balaban J connectivity index is 2.93. The van der Waals surface area contributed by atoms with Gasteiger partial charge in [-0.05, 0) is 41.6 Å². The molecule has 0 aromatic heterocycles. The van der Waals surface area contributed by atoms with Crippen LogP contribution >= 0.6 is 35.0 Å². The lowest BCUT2D eigenvalue weighted by atomic mass is 10.3. The minimum absolute atomic E-state index is 0.189. The van der Waals surface area contributed by atoms with Gasteiger partial charge in [0.2, 0.25) is 0 Å². The average Bonchev–Trinajstić information content (AvgIpc) is 1.94. The van der Waals surface area contributed by atoms with Crippen LogP contribution in [0.2, 0.25) is 5.02 Å². The van der Waals surface area contributed by atoms with Gasteiger partial charge in [0.25, 0.3) is 4.57 Å². The molecule has 12 heavy (non-hydrogen) atoms. The Kier molecular flexibility index (Phi) is 3.38. The summed E-state index contributed by atoms with van der Waals surface area (Å²) in [5.41, 5.74) is 0. The van der Waals surface area contributed by atoms with Gasteiger partial charge in [-0.2, -0.15) is 0 Å². The van der Waals surface area contributed by atoms with E-state index in [1.165, 1.54) is 12.1 Å². The fraction of sp³-hybridized carbons (Fsp3) is 0. The van der Waals surface area contributed by atoms with E-state index >= 15 is 0 Å². The van der Waals surface area contributed by atoms with E-state index in [2.05, 4.69) is 0 Å². The van der Waals surface area contributed by atoms with E-state index in [0.29, 0.717) is 4.90 Å². The SMILES string of the molecule is O=C(Cl)Sc1ccc(F)cc1Cl. The van der Waals surface area contributed by atoms with Gasteiger partial charge in [-0.15, -0.1) is 0 Å². The van der Waals surface area contributed by atoms with E-state index in [1.54, 1.807) is 0 Å². The molecule has 0 unspecified atom stereocenters. The molecular formula is C7H3Cl2FOS. The molecule has 64 valence electrons. The summed E-state index contributed by atoms with van der Waals surface area (Å²) in [6, 6.07) is 3.75. The summed E-state index contributed by atoms with van der Waals surface area (Å²) < 4.78 is 11.9. The normalized spacial score (nSPS) is 9.92. The zero-order valence-electron chi connectivity index (χ0n) is 5.68. The van der Waals surface area contributed by atoms with E-state index in [4.69, 9.17) is 23.2 Å². The second kappa shape index (κ2) is 4.12. The van der Waals surface area contributed by atoms with E-state index < -0.39 is 10.4 Å². The molecular weight excluding hydrogens is 222 g/mol. The van der Waals surface area contributed by atoms with Crippen molar-refractivity contribution in [2.75, 3.05) is 0 Å². The molecule has 0 heterocycles. The van der Waals surface area contributed by atoms with Gasteiger partial charge in [0.15, 0.2) is 0 Å². The molecule has 1 nitrogen and oxygen atoms in total. The molecule has 0 atom stereocenters. The summed E-state index contributed by atoms with van der Waals surface area (Å²) in [5, 5.41) is 0.189. The van der Waals surface area contributed by atoms with Gasteiger partial charge in [-0.1, -0.05) is 11.6 Å². The lowest BCUT2D eigenvalue weighted by Gasteiger charge is -1.98. The van der Waals surface area contributed by atoms with Crippen molar-refractivity contribution in [2.45, 2.75) is 4.90 Å². The maximum atomic E-state index is 12.5. The smallest absolute Gasteiger partial charge is 0.268 e. The molecule has 0 saturated carbocycles. The molecule has 1 aromatic carbocycles. The fourth-order valence-corrected chi connectivity index (χ4v) is 1.64. The lowest BCUT2D eigenvalue weighted by Crippen LogP contribution is -1.79. The van der Waals surface area contributed by atoms with Crippen LogP contribution in [0.1, 0.15) is 0 Å². The van der Waals surface area contributed by atoms with Crippen LogP contribution in [-0.4, -0.2) is 4.57 Å². The Labute approximate surface area is 82.9 Å². The van der Waals surface area contributed by atoms with E-state index in [0.717, 1.165) is 17.8 Å². The quantitative estimate of drug-likeness (QED) is 0.532. The Bertz CT molecular complexity index is 316. The van der Waals surface area contributed by atoms with Crippen molar-refractivity contribution in [3.63, 3.8) is 0 Å². The largest absolute Gasteiger partial charge is 0.284 e. The number of carbonyl (C=O) groups is 1. The van der Waals surface area contributed by atoms with E-state index in [-0.39, 0.29) is 5.02 Å². The Morgan fingerprint density at radius 1 is 1.50 bits per heavy atom. The highest BCUT2D eigenvalue weighted by atomic mass is 35.5. The molecule has 0 aliphatic rings. The van der Waals surface area contributed by atoms with Crippen LogP contribution in [0.15, 0.2) is 23.1 Å². The molecule has 0 fully saturated rings. The number of benzene rings is 1. The van der Waals surface area contributed by atoms with Crippen molar-refractivity contribution in [3.8, 4) is 0 Å². The Morgan fingerprint density at radius 3 is 2.67 bits per heavy atom. The zero-order chi connectivity index (χ0) is 9.14. The molecule has 0 saturated heterocycles. The molecule has 0 bridgehead atoms. The van der Waals surface area contributed by atoms with E-state index in [9.17, 15) is 9.18 Å². The predicted octanol–water partition coefficient (Wildman–Crippen LogP) is 3.93. The second-order valence-electron chi connectivity index (χ2n) is 1.91. The first kappa shape index (κ1) is 9.84. The molecule has 1 rings (SSSR count). The van der Waals surface area contributed by atoms with Crippen molar-refractivity contribution < 1.29 is 9.18 Å². The molecule has 0 N–H and O–H groups in total. The highest BCUT2D eigenvalue weighted by Crippen LogP contribution is 2.29. The van der Waals surface area contributed by atoms with Gasteiger partial charge >= 0.3 is 0 Å². The number of halogens is 3. The number of hydrogen-bond acceptors (Lipinski definition) is 2. The van der Waals surface area contributed by atoms with Gasteiger partial charge in [0, 0.05) is 4.90 Å². The van der Waals surface area contributed by atoms with Crippen LogP contribution in [-0.2, 0) is 0 Å². The lowest BCUT2D eigenvalue weighted by molar-refractivity contribution is 0.276. The van der Waals surface area contributed by atoms with Gasteiger partial charge in [-0.25, -0.2) is 4.39 Å². The minimum atomic E-state index is -0.594. The van der Waals surface area contributed by atoms with Crippen LogP contribution in [0.5, 0.6) is 0 Å². The predicted molar refractivity (Wildman–Crippen MR) is 48.5 cm³/mol. The Hall–Kier alpha value is -0.250. The summed E-state index contributed by atoms with van der Waals surface area (Å²) in [6.07, 6.45) is 0. The molecule has 5 heteroatoms. The molecule has 0 radical (unpaired) electrons. The van der Waals surface area contributed by atoms with Crippen molar-refractivity contribution >= 4 is 39.5 Å². The molecule has 0 amide bonds. The number of hydrogen-bond donors (Lipinski definition) is 0. The first-order valence-electron chi connectivity index (χ1n) is 2.92. The maximum Gasteiger partial charge on any atom is 0.284 e. The fourth-order valence-electron chi connectivity index (χ4n) is 0.644. The maximum absolute atomic E-state index is 12.5. The van der Waals surface area contributed by atoms with Gasteiger partial charge in [-0.3, -0.25) is 4.79 Å². The first-order chi connectivity index (χ1) is 5.59. The summed E-state index contributed by atoms with van der Waals surface area (Å²) in [7, 11) is 0.